The molecule has 0 aromatic heterocycles. The molecule has 0 fully saturated rings. The lowest BCUT2D eigenvalue weighted by Gasteiger charge is -2.13. The van der Waals surface area contributed by atoms with Crippen molar-refractivity contribution in [3.05, 3.63) is 63.1 Å². The van der Waals surface area contributed by atoms with Crippen molar-refractivity contribution in [3.8, 4) is 5.75 Å². The van der Waals surface area contributed by atoms with Gasteiger partial charge in [0.2, 0.25) is 0 Å². The maximum absolute atomic E-state index is 5.99. The van der Waals surface area contributed by atoms with Crippen LogP contribution in [0, 0.1) is 6.92 Å². The van der Waals surface area contributed by atoms with E-state index in [1.54, 1.807) is 6.07 Å². The Morgan fingerprint density at radius 3 is 2.58 bits per heavy atom. The number of para-hydroxylation sites is 1. The summed E-state index contributed by atoms with van der Waals surface area (Å²) in [6, 6.07) is 11.6. The largest absolute Gasteiger partial charge is 0.488 e. The van der Waals surface area contributed by atoms with Gasteiger partial charge in [-0.1, -0.05) is 63.4 Å². The molecule has 2 aromatic carbocycles. The van der Waals surface area contributed by atoms with Crippen LogP contribution in [0.15, 0.2) is 36.4 Å². The summed E-state index contributed by atoms with van der Waals surface area (Å²) in [4.78, 5) is 0. The van der Waals surface area contributed by atoms with Gasteiger partial charge in [-0.15, -0.1) is 0 Å². The monoisotopic (exact) mass is 358 g/mol. The van der Waals surface area contributed by atoms with E-state index in [4.69, 9.17) is 27.9 Å². The molecule has 0 aliphatic rings. The van der Waals surface area contributed by atoms with Crippen LogP contribution in [0.3, 0.4) is 0 Å². The molecule has 1 nitrogen and oxygen atoms in total. The molecule has 0 heterocycles. The minimum atomic E-state index is 0.474. The fourth-order valence-electron chi connectivity index (χ4n) is 1.81. The van der Waals surface area contributed by atoms with Crippen molar-refractivity contribution in [2.45, 2.75) is 18.9 Å². The molecule has 0 radical (unpaired) electrons. The molecule has 4 heteroatoms. The predicted molar refractivity (Wildman–Crippen MR) is 84.6 cm³/mol. The van der Waals surface area contributed by atoms with Crippen LogP contribution in [0.1, 0.15) is 16.7 Å². The minimum absolute atomic E-state index is 0.474. The van der Waals surface area contributed by atoms with Crippen molar-refractivity contribution in [2.75, 3.05) is 0 Å². The summed E-state index contributed by atoms with van der Waals surface area (Å²) in [6.45, 7) is 2.51. The fraction of sp³-hybridized carbons (Fsp3) is 0.200. The third-order valence-corrected chi connectivity index (χ3v) is 4.15. The minimum Gasteiger partial charge on any atom is -0.488 e. The summed E-state index contributed by atoms with van der Waals surface area (Å²) in [6.07, 6.45) is 0. The SMILES string of the molecule is Cc1cccc(CBr)c1OCc1ccc(Cl)c(Cl)c1. The first-order valence-electron chi connectivity index (χ1n) is 5.83. The highest BCUT2D eigenvalue weighted by Gasteiger charge is 2.07. The molecular weight excluding hydrogens is 347 g/mol. The quantitative estimate of drug-likeness (QED) is 0.629. The Morgan fingerprint density at radius 1 is 1.11 bits per heavy atom. The van der Waals surface area contributed by atoms with Gasteiger partial charge in [0.25, 0.3) is 0 Å². The molecule has 0 saturated carbocycles. The van der Waals surface area contributed by atoms with Crippen molar-refractivity contribution >= 4 is 39.1 Å². The van der Waals surface area contributed by atoms with Crippen molar-refractivity contribution in [1.82, 2.24) is 0 Å². The second-order valence-corrected chi connectivity index (χ2v) is 5.61. The van der Waals surface area contributed by atoms with Crippen LogP contribution in [0.2, 0.25) is 10.0 Å². The van der Waals surface area contributed by atoms with Crippen LogP contribution in [-0.4, -0.2) is 0 Å². The first-order chi connectivity index (χ1) is 9.11. The maximum Gasteiger partial charge on any atom is 0.126 e. The Balaban J connectivity index is 2.16. The number of hydrogen-bond donors (Lipinski definition) is 0. The molecule has 0 spiro atoms. The van der Waals surface area contributed by atoms with E-state index < -0.39 is 0 Å². The Morgan fingerprint density at radius 2 is 1.89 bits per heavy atom. The van der Waals surface area contributed by atoms with E-state index in [-0.39, 0.29) is 0 Å². The second kappa shape index (κ2) is 6.65. The highest BCUT2D eigenvalue weighted by atomic mass is 79.9. The summed E-state index contributed by atoms with van der Waals surface area (Å²) in [7, 11) is 0. The van der Waals surface area contributed by atoms with Gasteiger partial charge in [-0.2, -0.15) is 0 Å². The summed E-state index contributed by atoms with van der Waals surface area (Å²) in [5.74, 6) is 0.922. The molecule has 0 aliphatic carbocycles. The van der Waals surface area contributed by atoms with Crippen molar-refractivity contribution in [3.63, 3.8) is 0 Å². The van der Waals surface area contributed by atoms with E-state index in [0.717, 1.165) is 27.8 Å². The van der Waals surface area contributed by atoms with Gasteiger partial charge in [0.15, 0.2) is 0 Å². The molecule has 19 heavy (non-hydrogen) atoms. The summed E-state index contributed by atoms with van der Waals surface area (Å²) >= 11 is 15.4. The van der Waals surface area contributed by atoms with Gasteiger partial charge in [0.05, 0.1) is 10.0 Å². The van der Waals surface area contributed by atoms with Crippen LogP contribution in [0.4, 0.5) is 0 Å². The van der Waals surface area contributed by atoms with Gasteiger partial charge >= 0.3 is 0 Å². The molecule has 0 atom stereocenters. The molecular formula is C15H13BrCl2O. The van der Waals surface area contributed by atoms with Gasteiger partial charge < -0.3 is 4.74 Å². The molecule has 2 aromatic rings. The first kappa shape index (κ1) is 14.7. The third-order valence-electron chi connectivity index (χ3n) is 2.80. The topological polar surface area (TPSA) is 9.23 Å². The molecule has 0 amide bonds. The standard InChI is InChI=1S/C15H13BrCl2O/c1-10-3-2-4-12(8-16)15(10)19-9-11-5-6-13(17)14(18)7-11/h2-7H,8-9H2,1H3. The highest BCUT2D eigenvalue weighted by molar-refractivity contribution is 9.08. The molecule has 100 valence electrons. The molecule has 0 aliphatic heterocycles. The van der Waals surface area contributed by atoms with Gasteiger partial charge in [-0.25, -0.2) is 0 Å². The molecule has 2 rings (SSSR count). The molecule has 0 bridgehead atoms. The molecule has 0 unspecified atom stereocenters. The van der Waals surface area contributed by atoms with Crippen LogP contribution in [-0.2, 0) is 11.9 Å². The van der Waals surface area contributed by atoms with Crippen molar-refractivity contribution in [2.24, 2.45) is 0 Å². The lowest BCUT2D eigenvalue weighted by atomic mass is 10.1. The summed E-state index contributed by atoms with van der Waals surface area (Å²) in [5.41, 5.74) is 3.26. The van der Waals surface area contributed by atoms with Crippen molar-refractivity contribution in [1.29, 1.82) is 0 Å². The lowest BCUT2D eigenvalue weighted by Crippen LogP contribution is -1.99. The number of hydrogen-bond acceptors (Lipinski definition) is 1. The van der Waals surface area contributed by atoms with E-state index in [9.17, 15) is 0 Å². The number of halogens is 3. The average Bonchev–Trinajstić information content (AvgIpc) is 2.41. The molecule has 0 N–H and O–H groups in total. The zero-order valence-corrected chi connectivity index (χ0v) is 13.5. The third kappa shape index (κ3) is 3.65. The first-order valence-corrected chi connectivity index (χ1v) is 7.70. The van der Waals surface area contributed by atoms with Crippen LogP contribution in [0.5, 0.6) is 5.75 Å². The van der Waals surface area contributed by atoms with Gasteiger partial charge in [-0.05, 0) is 30.2 Å². The predicted octanol–water partition coefficient (Wildman–Crippen LogP) is 5.78. The maximum atomic E-state index is 5.99. The van der Waals surface area contributed by atoms with Gasteiger partial charge in [0.1, 0.15) is 12.4 Å². The number of rotatable bonds is 4. The van der Waals surface area contributed by atoms with Crippen LogP contribution < -0.4 is 4.74 Å². The number of aryl methyl sites for hydroxylation is 1. The lowest BCUT2D eigenvalue weighted by molar-refractivity contribution is 0.302. The van der Waals surface area contributed by atoms with Crippen LogP contribution >= 0.6 is 39.1 Å². The Labute approximate surface area is 131 Å². The van der Waals surface area contributed by atoms with E-state index in [1.807, 2.05) is 37.3 Å². The van der Waals surface area contributed by atoms with E-state index in [2.05, 4.69) is 15.9 Å². The van der Waals surface area contributed by atoms with E-state index >= 15 is 0 Å². The second-order valence-electron chi connectivity index (χ2n) is 4.23. The van der Waals surface area contributed by atoms with E-state index in [0.29, 0.717) is 16.7 Å². The zero-order chi connectivity index (χ0) is 13.8. The fourth-order valence-corrected chi connectivity index (χ4v) is 2.57. The molecule has 0 saturated heterocycles. The number of benzene rings is 2. The Bertz CT molecular complexity index is 584. The highest BCUT2D eigenvalue weighted by Crippen LogP contribution is 2.27. The zero-order valence-electron chi connectivity index (χ0n) is 10.4. The summed E-state index contributed by atoms with van der Waals surface area (Å²) < 4.78 is 5.91. The average molecular weight is 360 g/mol. The van der Waals surface area contributed by atoms with E-state index in [1.165, 1.54) is 0 Å². The van der Waals surface area contributed by atoms with Crippen molar-refractivity contribution < 1.29 is 4.74 Å². The van der Waals surface area contributed by atoms with Gasteiger partial charge in [0, 0.05) is 10.9 Å². The van der Waals surface area contributed by atoms with Crippen LogP contribution in [0.25, 0.3) is 0 Å². The van der Waals surface area contributed by atoms with Gasteiger partial charge in [-0.3, -0.25) is 0 Å². The Hall–Kier alpha value is -0.700. The number of alkyl halides is 1. The smallest absolute Gasteiger partial charge is 0.126 e. The summed E-state index contributed by atoms with van der Waals surface area (Å²) in [5, 5.41) is 1.88. The normalized spacial score (nSPS) is 10.5. The number of ether oxygens (including phenoxy) is 1. The Kier molecular flexibility index (Phi) is 5.14.